The van der Waals surface area contributed by atoms with E-state index < -0.39 is 0 Å². The smallest absolute Gasteiger partial charge is 0.226 e. The average molecular weight is 328 g/mol. The summed E-state index contributed by atoms with van der Waals surface area (Å²) in [4.78, 5) is 14.4. The topological polar surface area (TPSA) is 20.3 Å². The molecule has 0 heterocycles. The van der Waals surface area contributed by atoms with Crippen molar-refractivity contribution in [3.63, 3.8) is 0 Å². The highest BCUT2D eigenvalue weighted by atomic mass is 35.5. The number of amides is 1. The van der Waals surface area contributed by atoms with Crippen molar-refractivity contribution < 1.29 is 4.79 Å². The van der Waals surface area contributed by atoms with E-state index in [-0.39, 0.29) is 11.8 Å². The summed E-state index contributed by atoms with van der Waals surface area (Å²) in [5, 5.41) is 0.777. The summed E-state index contributed by atoms with van der Waals surface area (Å²) in [7, 11) is 1.91. The van der Waals surface area contributed by atoms with E-state index in [9.17, 15) is 4.79 Å². The van der Waals surface area contributed by atoms with Crippen LogP contribution in [0.4, 0.5) is 0 Å². The van der Waals surface area contributed by atoms with E-state index in [0.29, 0.717) is 5.92 Å². The van der Waals surface area contributed by atoms with Crippen molar-refractivity contribution in [2.45, 2.75) is 25.2 Å². The number of hydrogen-bond acceptors (Lipinski definition) is 1. The molecule has 0 radical (unpaired) electrons. The highest BCUT2D eigenvalue weighted by Gasteiger charge is 2.45. The first kappa shape index (κ1) is 16.1. The van der Waals surface area contributed by atoms with Gasteiger partial charge in [0.05, 0.1) is 0 Å². The molecule has 0 N–H and O–H groups in total. The second-order valence-electron chi connectivity index (χ2n) is 6.32. The molecule has 0 aliphatic heterocycles. The SMILES string of the molecule is CN(CCCc1ccccc1)C(=O)C1CC1c1ccccc1Cl. The number of nitrogens with zero attached hydrogens (tertiary/aromatic N) is 1. The van der Waals surface area contributed by atoms with Crippen LogP contribution in [0.5, 0.6) is 0 Å². The number of aryl methyl sites for hydroxylation is 1. The zero-order valence-electron chi connectivity index (χ0n) is 13.4. The van der Waals surface area contributed by atoms with Gasteiger partial charge in [0.2, 0.25) is 5.91 Å². The van der Waals surface area contributed by atoms with Crippen LogP contribution in [-0.4, -0.2) is 24.4 Å². The van der Waals surface area contributed by atoms with Gasteiger partial charge in [0.15, 0.2) is 0 Å². The zero-order chi connectivity index (χ0) is 16.2. The lowest BCUT2D eigenvalue weighted by Gasteiger charge is -2.17. The molecule has 1 fully saturated rings. The van der Waals surface area contributed by atoms with Gasteiger partial charge in [0.25, 0.3) is 0 Å². The molecule has 0 bridgehead atoms. The molecule has 1 amide bonds. The summed E-state index contributed by atoms with van der Waals surface area (Å²) in [5.41, 5.74) is 2.44. The fourth-order valence-corrected chi connectivity index (χ4v) is 3.42. The quantitative estimate of drug-likeness (QED) is 0.763. The number of carbonyl (C=O) groups is 1. The lowest BCUT2D eigenvalue weighted by Crippen LogP contribution is -2.29. The van der Waals surface area contributed by atoms with Crippen LogP contribution in [0.15, 0.2) is 54.6 Å². The minimum absolute atomic E-state index is 0.108. The van der Waals surface area contributed by atoms with Crippen LogP contribution in [0, 0.1) is 5.92 Å². The second-order valence-corrected chi connectivity index (χ2v) is 6.73. The minimum atomic E-state index is 0.108. The maximum atomic E-state index is 12.5. The van der Waals surface area contributed by atoms with Gasteiger partial charge in [-0.25, -0.2) is 0 Å². The Balaban J connectivity index is 1.48. The number of rotatable bonds is 6. The van der Waals surface area contributed by atoms with Gasteiger partial charge in [-0.2, -0.15) is 0 Å². The summed E-state index contributed by atoms with van der Waals surface area (Å²) in [6, 6.07) is 18.3. The fourth-order valence-electron chi connectivity index (χ4n) is 3.15. The van der Waals surface area contributed by atoms with E-state index in [1.165, 1.54) is 5.56 Å². The highest BCUT2D eigenvalue weighted by Crippen LogP contribution is 2.50. The van der Waals surface area contributed by atoms with E-state index in [1.807, 2.05) is 42.3 Å². The van der Waals surface area contributed by atoms with Crippen molar-refractivity contribution in [2.75, 3.05) is 13.6 Å². The minimum Gasteiger partial charge on any atom is -0.345 e. The molecule has 2 aromatic rings. The van der Waals surface area contributed by atoms with Gasteiger partial charge in [0, 0.05) is 24.5 Å². The van der Waals surface area contributed by atoms with Gasteiger partial charge in [-0.3, -0.25) is 4.79 Å². The predicted octanol–water partition coefficient (Wildman–Crippen LogP) is 4.53. The molecule has 3 rings (SSSR count). The van der Waals surface area contributed by atoms with Gasteiger partial charge < -0.3 is 4.90 Å². The Hall–Kier alpha value is -1.80. The fraction of sp³-hybridized carbons (Fsp3) is 0.350. The van der Waals surface area contributed by atoms with Crippen LogP contribution < -0.4 is 0 Å². The molecule has 2 aromatic carbocycles. The van der Waals surface area contributed by atoms with Crippen molar-refractivity contribution in [1.82, 2.24) is 4.90 Å². The molecule has 23 heavy (non-hydrogen) atoms. The van der Waals surface area contributed by atoms with Crippen LogP contribution in [0.2, 0.25) is 5.02 Å². The Morgan fingerprint density at radius 1 is 1.13 bits per heavy atom. The standard InChI is InChI=1S/C20H22ClNO/c1-22(13-7-10-15-8-3-2-4-9-15)20(23)18-14-17(18)16-11-5-6-12-19(16)21/h2-6,8-9,11-12,17-18H,7,10,13-14H2,1H3. The van der Waals surface area contributed by atoms with Gasteiger partial charge in [-0.1, -0.05) is 60.1 Å². The van der Waals surface area contributed by atoms with E-state index in [4.69, 9.17) is 11.6 Å². The monoisotopic (exact) mass is 327 g/mol. The maximum Gasteiger partial charge on any atom is 0.226 e. The summed E-state index contributed by atoms with van der Waals surface area (Å²) in [6.45, 7) is 0.805. The van der Waals surface area contributed by atoms with E-state index in [1.54, 1.807) is 0 Å². The van der Waals surface area contributed by atoms with Crippen LogP contribution in [0.1, 0.15) is 29.9 Å². The molecule has 1 aliphatic carbocycles. The molecule has 0 aromatic heterocycles. The Bertz CT molecular complexity index is 670. The van der Waals surface area contributed by atoms with Crippen LogP contribution in [-0.2, 0) is 11.2 Å². The number of carbonyl (C=O) groups excluding carboxylic acids is 1. The maximum absolute atomic E-state index is 12.5. The van der Waals surface area contributed by atoms with Gasteiger partial charge in [0.1, 0.15) is 0 Å². The lowest BCUT2D eigenvalue weighted by atomic mass is 10.1. The van der Waals surface area contributed by atoms with Gasteiger partial charge in [-0.05, 0) is 42.4 Å². The Morgan fingerprint density at radius 2 is 1.83 bits per heavy atom. The van der Waals surface area contributed by atoms with Crippen LogP contribution in [0.25, 0.3) is 0 Å². The van der Waals surface area contributed by atoms with E-state index in [2.05, 4.69) is 24.3 Å². The first-order valence-corrected chi connectivity index (χ1v) is 8.58. The van der Waals surface area contributed by atoms with E-state index in [0.717, 1.165) is 36.4 Å². The Morgan fingerprint density at radius 3 is 2.57 bits per heavy atom. The number of hydrogen-bond donors (Lipinski definition) is 0. The van der Waals surface area contributed by atoms with Crippen molar-refractivity contribution in [3.05, 3.63) is 70.7 Å². The normalized spacial score (nSPS) is 19.4. The first-order chi connectivity index (χ1) is 11.2. The number of halogens is 1. The van der Waals surface area contributed by atoms with Gasteiger partial charge >= 0.3 is 0 Å². The number of benzene rings is 2. The third-order valence-corrected chi connectivity index (χ3v) is 4.93. The molecule has 2 unspecified atom stereocenters. The summed E-state index contributed by atoms with van der Waals surface area (Å²) in [5.74, 6) is 0.660. The molecule has 0 saturated heterocycles. The Kier molecular flexibility index (Phi) is 5.02. The summed E-state index contributed by atoms with van der Waals surface area (Å²) in [6.07, 6.45) is 2.93. The molecular weight excluding hydrogens is 306 g/mol. The summed E-state index contributed by atoms with van der Waals surface area (Å²) >= 11 is 6.24. The van der Waals surface area contributed by atoms with Crippen molar-refractivity contribution in [1.29, 1.82) is 0 Å². The molecule has 2 atom stereocenters. The molecule has 120 valence electrons. The highest BCUT2D eigenvalue weighted by molar-refractivity contribution is 6.31. The third-order valence-electron chi connectivity index (χ3n) is 4.59. The van der Waals surface area contributed by atoms with Gasteiger partial charge in [-0.15, -0.1) is 0 Å². The lowest BCUT2D eigenvalue weighted by molar-refractivity contribution is -0.131. The largest absolute Gasteiger partial charge is 0.345 e. The molecule has 2 nitrogen and oxygen atoms in total. The molecule has 1 saturated carbocycles. The second kappa shape index (κ2) is 7.18. The van der Waals surface area contributed by atoms with Crippen molar-refractivity contribution in [2.24, 2.45) is 5.92 Å². The molecular formula is C20H22ClNO. The Labute approximate surface area is 143 Å². The van der Waals surface area contributed by atoms with Crippen molar-refractivity contribution >= 4 is 17.5 Å². The van der Waals surface area contributed by atoms with E-state index >= 15 is 0 Å². The average Bonchev–Trinajstić information content (AvgIpc) is 3.36. The first-order valence-electron chi connectivity index (χ1n) is 8.20. The molecule has 0 spiro atoms. The van der Waals surface area contributed by atoms with Crippen molar-refractivity contribution in [3.8, 4) is 0 Å². The third kappa shape index (κ3) is 3.94. The zero-order valence-corrected chi connectivity index (χ0v) is 14.2. The molecule has 3 heteroatoms. The predicted molar refractivity (Wildman–Crippen MR) is 94.7 cm³/mol. The molecule has 1 aliphatic rings. The van der Waals surface area contributed by atoms with Crippen LogP contribution in [0.3, 0.4) is 0 Å². The van der Waals surface area contributed by atoms with Crippen LogP contribution >= 0.6 is 11.6 Å². The summed E-state index contributed by atoms with van der Waals surface area (Å²) < 4.78 is 0.